The van der Waals surface area contributed by atoms with Gasteiger partial charge >= 0.3 is 0 Å². The Morgan fingerprint density at radius 1 is 1.18 bits per heavy atom. The summed E-state index contributed by atoms with van der Waals surface area (Å²) >= 11 is 0. The molecule has 1 amide bonds. The molecule has 3 heterocycles. The minimum atomic E-state index is -3.66. The van der Waals surface area contributed by atoms with Crippen LogP contribution >= 0.6 is 0 Å². The third kappa shape index (κ3) is 3.35. The van der Waals surface area contributed by atoms with Gasteiger partial charge in [-0.1, -0.05) is 5.16 Å². The molecule has 0 unspecified atom stereocenters. The Morgan fingerprint density at radius 2 is 1.93 bits per heavy atom. The van der Waals surface area contributed by atoms with Gasteiger partial charge in [-0.25, -0.2) is 8.42 Å². The van der Waals surface area contributed by atoms with Gasteiger partial charge in [0.2, 0.25) is 10.0 Å². The van der Waals surface area contributed by atoms with Crippen LogP contribution < -0.4 is 0 Å². The highest BCUT2D eigenvalue weighted by atomic mass is 32.2. The molecule has 10 heteroatoms. The molecule has 0 N–H and O–H groups in total. The van der Waals surface area contributed by atoms with Gasteiger partial charge in [0.1, 0.15) is 10.7 Å². The van der Waals surface area contributed by atoms with E-state index in [-0.39, 0.29) is 17.3 Å². The first-order chi connectivity index (χ1) is 13.3. The quantitative estimate of drug-likeness (QED) is 0.760. The second-order valence-electron chi connectivity index (χ2n) is 7.56. The Morgan fingerprint density at radius 3 is 2.57 bits per heavy atom. The summed E-state index contributed by atoms with van der Waals surface area (Å²) in [6.45, 7) is 4.88. The van der Waals surface area contributed by atoms with Gasteiger partial charge in [-0.3, -0.25) is 9.48 Å². The number of carbonyl (C=O) groups excluding carboxylic acids is 1. The molecule has 0 bridgehead atoms. The lowest BCUT2D eigenvalue weighted by Gasteiger charge is -2.21. The van der Waals surface area contributed by atoms with Crippen molar-refractivity contribution in [2.45, 2.75) is 43.9 Å². The van der Waals surface area contributed by atoms with Crippen molar-refractivity contribution >= 4 is 15.9 Å². The molecule has 2 aromatic heterocycles. The Balaban J connectivity index is 1.49. The first-order valence-electron chi connectivity index (χ1n) is 9.55. The molecule has 1 aliphatic heterocycles. The van der Waals surface area contributed by atoms with Crippen LogP contribution in [0.25, 0.3) is 0 Å². The van der Waals surface area contributed by atoms with E-state index in [1.165, 1.54) is 4.31 Å². The monoisotopic (exact) mass is 407 g/mol. The zero-order valence-corrected chi connectivity index (χ0v) is 17.2. The highest BCUT2D eigenvalue weighted by Gasteiger charge is 2.34. The molecular formula is C18H25N5O4S. The van der Waals surface area contributed by atoms with Crippen LogP contribution in [-0.4, -0.2) is 64.6 Å². The second-order valence-corrected chi connectivity index (χ2v) is 9.44. The van der Waals surface area contributed by atoms with E-state index >= 15 is 0 Å². The van der Waals surface area contributed by atoms with Crippen LogP contribution in [0.3, 0.4) is 0 Å². The Kier molecular flexibility index (Phi) is 4.78. The molecule has 0 spiro atoms. The lowest BCUT2D eigenvalue weighted by Crippen LogP contribution is -2.37. The number of aryl methyl sites for hydroxylation is 2. The molecule has 1 saturated carbocycles. The summed E-state index contributed by atoms with van der Waals surface area (Å²) in [4.78, 5) is 14.7. The molecule has 4 rings (SSSR count). The van der Waals surface area contributed by atoms with Gasteiger partial charge in [0, 0.05) is 45.2 Å². The molecule has 2 aliphatic rings. The van der Waals surface area contributed by atoms with Crippen LogP contribution in [0.1, 0.15) is 52.8 Å². The summed E-state index contributed by atoms with van der Waals surface area (Å²) in [5.41, 5.74) is 1.41. The van der Waals surface area contributed by atoms with E-state index in [1.54, 1.807) is 36.5 Å². The highest BCUT2D eigenvalue weighted by molar-refractivity contribution is 7.89. The molecule has 0 atom stereocenters. The van der Waals surface area contributed by atoms with Crippen molar-refractivity contribution in [1.29, 1.82) is 0 Å². The van der Waals surface area contributed by atoms with Crippen LogP contribution in [0.2, 0.25) is 0 Å². The number of amides is 1. The van der Waals surface area contributed by atoms with Gasteiger partial charge in [-0.2, -0.15) is 9.40 Å². The van der Waals surface area contributed by atoms with Crippen molar-refractivity contribution in [2.24, 2.45) is 7.05 Å². The van der Waals surface area contributed by atoms with Gasteiger partial charge in [0.05, 0.1) is 11.4 Å². The van der Waals surface area contributed by atoms with Gasteiger partial charge in [-0.15, -0.1) is 0 Å². The fourth-order valence-electron chi connectivity index (χ4n) is 3.71. The zero-order chi connectivity index (χ0) is 20.1. The Bertz CT molecular complexity index is 1010. The minimum Gasteiger partial charge on any atom is -0.360 e. The standard InChI is InChI=1S/C18H25N5O4S/c1-12-17(13(2)21(3)19-12)28(25,26)23-8-4-7-22(9-10-23)18(24)15-11-16(27-20-15)14-5-6-14/h11,14H,4-10H2,1-3H3. The highest BCUT2D eigenvalue weighted by Crippen LogP contribution is 2.40. The van der Waals surface area contributed by atoms with Crippen LogP contribution in [0.15, 0.2) is 15.5 Å². The van der Waals surface area contributed by atoms with Crippen LogP contribution in [0.4, 0.5) is 0 Å². The lowest BCUT2D eigenvalue weighted by atomic mass is 10.2. The molecule has 1 aliphatic carbocycles. The van der Waals surface area contributed by atoms with Crippen LogP contribution in [-0.2, 0) is 17.1 Å². The molecule has 1 saturated heterocycles. The third-order valence-corrected chi connectivity index (χ3v) is 7.66. The van der Waals surface area contributed by atoms with Crippen LogP contribution in [0, 0.1) is 13.8 Å². The molecule has 28 heavy (non-hydrogen) atoms. The SMILES string of the molecule is Cc1nn(C)c(C)c1S(=O)(=O)N1CCCN(C(=O)c2cc(C3CC3)on2)CC1. The zero-order valence-electron chi connectivity index (χ0n) is 16.4. The van der Waals surface area contributed by atoms with E-state index in [9.17, 15) is 13.2 Å². The molecule has 9 nitrogen and oxygen atoms in total. The van der Waals surface area contributed by atoms with Gasteiger partial charge in [0.15, 0.2) is 5.69 Å². The third-order valence-electron chi connectivity index (χ3n) is 5.51. The number of aromatic nitrogens is 3. The topological polar surface area (TPSA) is 102 Å². The summed E-state index contributed by atoms with van der Waals surface area (Å²) in [6, 6.07) is 1.72. The summed E-state index contributed by atoms with van der Waals surface area (Å²) < 4.78 is 34.7. The number of hydrogen-bond acceptors (Lipinski definition) is 6. The van der Waals surface area contributed by atoms with Crippen molar-refractivity contribution in [2.75, 3.05) is 26.2 Å². The van der Waals surface area contributed by atoms with E-state index in [2.05, 4.69) is 10.3 Å². The largest absolute Gasteiger partial charge is 0.360 e. The first-order valence-corrected chi connectivity index (χ1v) is 11.0. The van der Waals surface area contributed by atoms with Gasteiger partial charge in [0.25, 0.3) is 5.91 Å². The number of nitrogens with zero attached hydrogens (tertiary/aromatic N) is 5. The predicted octanol–water partition coefficient (Wildman–Crippen LogP) is 1.44. The normalized spacial score (nSPS) is 19.0. The molecular weight excluding hydrogens is 382 g/mol. The summed E-state index contributed by atoms with van der Waals surface area (Å²) in [5.74, 6) is 0.957. The summed E-state index contributed by atoms with van der Waals surface area (Å²) in [6.07, 6.45) is 2.72. The fraction of sp³-hybridized carbons (Fsp3) is 0.611. The fourth-order valence-corrected chi connectivity index (χ4v) is 5.58. The maximum atomic E-state index is 13.2. The Hall–Kier alpha value is -2.20. The summed E-state index contributed by atoms with van der Waals surface area (Å²) in [5, 5.41) is 8.14. The summed E-state index contributed by atoms with van der Waals surface area (Å²) in [7, 11) is -1.93. The second kappa shape index (κ2) is 7.00. The van der Waals surface area contributed by atoms with E-state index in [4.69, 9.17) is 4.52 Å². The lowest BCUT2D eigenvalue weighted by molar-refractivity contribution is 0.0753. The minimum absolute atomic E-state index is 0.205. The average Bonchev–Trinajstić information content (AvgIpc) is 3.37. The first kappa shape index (κ1) is 19.1. The van der Waals surface area contributed by atoms with E-state index in [0.717, 1.165) is 18.6 Å². The van der Waals surface area contributed by atoms with Crippen molar-refractivity contribution < 1.29 is 17.7 Å². The molecule has 0 radical (unpaired) electrons. The van der Waals surface area contributed by atoms with Gasteiger partial charge < -0.3 is 9.42 Å². The number of carbonyl (C=O) groups is 1. The maximum absolute atomic E-state index is 13.2. The van der Waals surface area contributed by atoms with E-state index in [0.29, 0.717) is 49.1 Å². The maximum Gasteiger partial charge on any atom is 0.276 e. The van der Waals surface area contributed by atoms with Gasteiger partial charge in [-0.05, 0) is 33.1 Å². The Labute approximate surface area is 164 Å². The molecule has 2 aromatic rings. The smallest absolute Gasteiger partial charge is 0.276 e. The molecule has 2 fully saturated rings. The number of sulfonamides is 1. The van der Waals surface area contributed by atoms with Crippen molar-refractivity contribution in [3.8, 4) is 0 Å². The molecule has 152 valence electrons. The van der Waals surface area contributed by atoms with E-state index in [1.807, 2.05) is 0 Å². The number of hydrogen-bond donors (Lipinski definition) is 0. The van der Waals surface area contributed by atoms with Crippen molar-refractivity contribution in [1.82, 2.24) is 24.1 Å². The van der Waals surface area contributed by atoms with Crippen molar-refractivity contribution in [3.05, 3.63) is 28.9 Å². The number of rotatable bonds is 4. The van der Waals surface area contributed by atoms with Crippen LogP contribution in [0.5, 0.6) is 0 Å². The van der Waals surface area contributed by atoms with Crippen molar-refractivity contribution in [3.63, 3.8) is 0 Å². The predicted molar refractivity (Wildman–Crippen MR) is 100 cm³/mol. The average molecular weight is 407 g/mol. The van der Waals surface area contributed by atoms with E-state index < -0.39 is 10.0 Å². The molecule has 0 aromatic carbocycles.